The van der Waals surface area contributed by atoms with Gasteiger partial charge in [0.15, 0.2) is 0 Å². The Morgan fingerprint density at radius 1 is 1.06 bits per heavy atom. The number of nitrogens with zero attached hydrogens (tertiary/aromatic N) is 2. The monoisotopic (exact) mass is 467 g/mol. The second-order valence-corrected chi connectivity index (χ2v) is 10.1. The highest BCUT2D eigenvalue weighted by molar-refractivity contribution is 6.07. The second-order valence-electron chi connectivity index (χ2n) is 10.1. The molecule has 1 unspecified atom stereocenters. The number of amides is 3. The number of carbonyl (C=O) groups excluding carboxylic acids is 3. The second kappa shape index (κ2) is 9.78. The van der Waals surface area contributed by atoms with E-state index in [1.165, 1.54) is 0 Å². The van der Waals surface area contributed by atoms with Crippen molar-refractivity contribution in [2.75, 3.05) is 13.6 Å². The third kappa shape index (κ3) is 4.43. The minimum atomic E-state index is -0.586. The molecule has 0 spiro atoms. The van der Waals surface area contributed by atoms with Gasteiger partial charge in [-0.3, -0.25) is 14.4 Å². The summed E-state index contributed by atoms with van der Waals surface area (Å²) in [5.41, 5.74) is 1.67. The van der Waals surface area contributed by atoms with Crippen molar-refractivity contribution in [2.45, 2.75) is 64.2 Å². The summed E-state index contributed by atoms with van der Waals surface area (Å²) in [7, 11) is 3.67. The van der Waals surface area contributed by atoms with Gasteiger partial charge in [0.25, 0.3) is 5.91 Å². The molecule has 2 aromatic rings. The first-order chi connectivity index (χ1) is 16.2. The van der Waals surface area contributed by atoms with Crippen LogP contribution in [0.3, 0.4) is 0 Å². The fraction of sp³-hybridized carbons (Fsp3) is 0.577. The molecule has 1 aliphatic heterocycles. The molecule has 0 bridgehead atoms. The van der Waals surface area contributed by atoms with Gasteiger partial charge in [-0.05, 0) is 51.1 Å². The molecule has 1 aliphatic carbocycles. The van der Waals surface area contributed by atoms with Crippen LogP contribution in [-0.2, 0) is 16.6 Å². The molecule has 5 atom stereocenters. The summed E-state index contributed by atoms with van der Waals surface area (Å²) in [4.78, 5) is 41.4. The van der Waals surface area contributed by atoms with E-state index in [1.54, 1.807) is 14.0 Å². The Kier molecular flexibility index (Phi) is 6.98. The van der Waals surface area contributed by atoms with Crippen molar-refractivity contribution < 1.29 is 14.4 Å². The maximum absolute atomic E-state index is 13.6. The number of para-hydroxylation sites is 1. The summed E-state index contributed by atoms with van der Waals surface area (Å²) in [6.45, 7) is 6.35. The van der Waals surface area contributed by atoms with Gasteiger partial charge in [0, 0.05) is 36.7 Å². The normalized spacial score (nSPS) is 23.7. The van der Waals surface area contributed by atoms with E-state index in [4.69, 9.17) is 0 Å². The van der Waals surface area contributed by atoms with Crippen LogP contribution in [0, 0.1) is 11.8 Å². The van der Waals surface area contributed by atoms with E-state index in [-0.39, 0.29) is 41.8 Å². The van der Waals surface area contributed by atoms with Gasteiger partial charge < -0.3 is 25.4 Å². The molecule has 2 heterocycles. The van der Waals surface area contributed by atoms with E-state index >= 15 is 0 Å². The minimum Gasteiger partial charge on any atom is -0.350 e. The summed E-state index contributed by atoms with van der Waals surface area (Å²) >= 11 is 0. The number of fused-ring (bicyclic) bond motifs is 2. The quantitative estimate of drug-likeness (QED) is 0.581. The molecular formula is C26H37N5O3. The highest BCUT2D eigenvalue weighted by Crippen LogP contribution is 2.39. The summed E-state index contributed by atoms with van der Waals surface area (Å²) in [6.07, 6.45) is 4.65. The van der Waals surface area contributed by atoms with Crippen LogP contribution in [0.25, 0.3) is 10.9 Å². The Bertz CT molecular complexity index is 1080. The van der Waals surface area contributed by atoms with Crippen LogP contribution < -0.4 is 16.0 Å². The maximum atomic E-state index is 13.6. The number of carbonyl (C=O) groups is 3. The largest absolute Gasteiger partial charge is 0.350 e. The van der Waals surface area contributed by atoms with Gasteiger partial charge in [-0.15, -0.1) is 0 Å². The molecular weight excluding hydrogens is 430 g/mol. The Morgan fingerprint density at radius 3 is 2.50 bits per heavy atom. The predicted molar refractivity (Wildman–Crippen MR) is 132 cm³/mol. The van der Waals surface area contributed by atoms with Crippen molar-refractivity contribution in [1.82, 2.24) is 25.4 Å². The zero-order valence-electron chi connectivity index (χ0n) is 20.8. The molecule has 4 rings (SSSR count). The Morgan fingerprint density at radius 2 is 1.79 bits per heavy atom. The van der Waals surface area contributed by atoms with Crippen LogP contribution >= 0.6 is 0 Å². The van der Waals surface area contributed by atoms with Gasteiger partial charge >= 0.3 is 0 Å². The van der Waals surface area contributed by atoms with Crippen LogP contribution in [0.5, 0.6) is 0 Å². The molecule has 1 saturated carbocycles. The standard InChI is InChI=1S/C26H37N5O3/c1-15(2)22(29-24(32)16(3)27-4)26(34)31-13-12-17-10-11-20(23(17)31)28-25(33)19-14-30(5)21-9-7-6-8-18(19)21/h6-9,14-17,20,22-23,27H,10-13H2,1-5H3,(H,28,33)(H,29,32)/t16-,17+,20?,22-,23-/m0/s1. The summed E-state index contributed by atoms with van der Waals surface area (Å²) < 4.78 is 1.97. The van der Waals surface area contributed by atoms with Crippen molar-refractivity contribution in [1.29, 1.82) is 0 Å². The smallest absolute Gasteiger partial charge is 0.253 e. The molecule has 1 aromatic carbocycles. The zero-order chi connectivity index (χ0) is 24.6. The van der Waals surface area contributed by atoms with E-state index in [0.717, 1.165) is 30.2 Å². The maximum Gasteiger partial charge on any atom is 0.253 e. The number of nitrogens with one attached hydrogen (secondary N) is 3. The fourth-order valence-electron chi connectivity index (χ4n) is 5.59. The first-order valence-electron chi connectivity index (χ1n) is 12.4. The Hall–Kier alpha value is -2.87. The van der Waals surface area contributed by atoms with Crippen LogP contribution in [0.15, 0.2) is 30.5 Å². The molecule has 0 radical (unpaired) electrons. The molecule has 3 N–H and O–H groups in total. The van der Waals surface area contributed by atoms with Gasteiger partial charge in [-0.25, -0.2) is 0 Å². The lowest BCUT2D eigenvalue weighted by molar-refractivity contribution is -0.139. The molecule has 2 aliphatic rings. The molecule has 1 saturated heterocycles. The van der Waals surface area contributed by atoms with E-state index in [1.807, 2.05) is 60.8 Å². The molecule has 3 amide bonds. The number of likely N-dealkylation sites (tertiary alicyclic amines) is 1. The zero-order valence-corrected chi connectivity index (χ0v) is 20.8. The summed E-state index contributed by atoms with van der Waals surface area (Å²) in [5, 5.41) is 10.1. The number of hydrogen-bond donors (Lipinski definition) is 3. The fourth-order valence-corrected chi connectivity index (χ4v) is 5.59. The lowest BCUT2D eigenvalue weighted by Crippen LogP contribution is -2.58. The van der Waals surface area contributed by atoms with Gasteiger partial charge in [-0.2, -0.15) is 0 Å². The molecule has 8 nitrogen and oxygen atoms in total. The Labute approximate surface area is 201 Å². The van der Waals surface area contributed by atoms with E-state index < -0.39 is 6.04 Å². The lowest BCUT2D eigenvalue weighted by Gasteiger charge is -2.34. The molecule has 184 valence electrons. The highest BCUT2D eigenvalue weighted by atomic mass is 16.2. The van der Waals surface area contributed by atoms with Crippen LogP contribution in [0.1, 0.15) is 50.4 Å². The van der Waals surface area contributed by atoms with Crippen molar-refractivity contribution in [3.05, 3.63) is 36.0 Å². The van der Waals surface area contributed by atoms with E-state index in [9.17, 15) is 14.4 Å². The van der Waals surface area contributed by atoms with Gasteiger partial charge in [0.1, 0.15) is 6.04 Å². The molecule has 1 aromatic heterocycles. The topological polar surface area (TPSA) is 95.5 Å². The first-order valence-corrected chi connectivity index (χ1v) is 12.4. The highest BCUT2D eigenvalue weighted by Gasteiger charge is 2.48. The van der Waals surface area contributed by atoms with Crippen LogP contribution in [0.2, 0.25) is 0 Å². The van der Waals surface area contributed by atoms with Crippen molar-refractivity contribution in [3.8, 4) is 0 Å². The van der Waals surface area contributed by atoms with Gasteiger partial charge in [-0.1, -0.05) is 32.0 Å². The summed E-state index contributed by atoms with van der Waals surface area (Å²) in [5.74, 6) is 0.00694. The summed E-state index contributed by atoms with van der Waals surface area (Å²) in [6, 6.07) is 6.79. The van der Waals surface area contributed by atoms with E-state index in [0.29, 0.717) is 18.0 Å². The third-order valence-corrected chi connectivity index (χ3v) is 7.64. The number of likely N-dealkylation sites (N-methyl/N-ethyl adjacent to an activating group) is 1. The van der Waals surface area contributed by atoms with Crippen LogP contribution in [-0.4, -0.2) is 64.9 Å². The molecule has 34 heavy (non-hydrogen) atoms. The third-order valence-electron chi connectivity index (χ3n) is 7.64. The van der Waals surface area contributed by atoms with Crippen molar-refractivity contribution in [2.24, 2.45) is 18.9 Å². The number of rotatable bonds is 7. The number of benzene rings is 1. The van der Waals surface area contributed by atoms with E-state index in [2.05, 4.69) is 16.0 Å². The number of aromatic nitrogens is 1. The average molecular weight is 468 g/mol. The van der Waals surface area contributed by atoms with Crippen molar-refractivity contribution in [3.63, 3.8) is 0 Å². The minimum absolute atomic E-state index is 0.0358. The molecule has 8 heteroatoms. The predicted octanol–water partition coefficient (Wildman–Crippen LogP) is 2.04. The first kappa shape index (κ1) is 24.3. The van der Waals surface area contributed by atoms with Crippen molar-refractivity contribution >= 4 is 28.6 Å². The molecule has 2 fully saturated rings. The Balaban J connectivity index is 1.51. The van der Waals surface area contributed by atoms with Crippen LogP contribution in [0.4, 0.5) is 0 Å². The van der Waals surface area contributed by atoms with Gasteiger partial charge in [0.05, 0.1) is 17.6 Å². The number of aryl methyl sites for hydroxylation is 1. The SMILES string of the molecule is CN[C@@H](C)C(=O)N[C@H](C(=O)N1CC[C@H]2CCC(NC(=O)c3cn(C)c4ccccc34)[C@H]21)C(C)C. The lowest BCUT2D eigenvalue weighted by atomic mass is 9.99. The average Bonchev–Trinajstić information content (AvgIpc) is 3.51. The number of hydrogen-bond acceptors (Lipinski definition) is 4. The van der Waals surface area contributed by atoms with Gasteiger partial charge in [0.2, 0.25) is 11.8 Å².